The molecule has 0 spiro atoms. The number of rotatable bonds is 5. The van der Waals surface area contributed by atoms with Crippen LogP contribution in [0, 0.1) is 10.1 Å². The number of carbonyl (C=O) groups is 1. The van der Waals surface area contributed by atoms with Crippen LogP contribution in [-0.4, -0.2) is 21.6 Å². The van der Waals surface area contributed by atoms with E-state index in [4.69, 9.17) is 4.84 Å². The first kappa shape index (κ1) is 17.0. The van der Waals surface area contributed by atoms with Crippen LogP contribution in [0.3, 0.4) is 0 Å². The minimum atomic E-state index is -0.706. The average molecular weight is 347 g/mol. The molecular formula is C19H13N3O4. The molecule has 0 N–H and O–H groups in total. The Labute approximate surface area is 148 Å². The Morgan fingerprint density at radius 2 is 1.50 bits per heavy atom. The molecule has 0 aliphatic carbocycles. The molecule has 128 valence electrons. The molecule has 0 aliphatic rings. The summed E-state index contributed by atoms with van der Waals surface area (Å²) in [4.78, 5) is 31.3. The Balaban J connectivity index is 1.86. The van der Waals surface area contributed by atoms with Gasteiger partial charge in [0.05, 0.1) is 10.5 Å². The number of nitro benzene ring substituents is 1. The van der Waals surface area contributed by atoms with Gasteiger partial charge in [-0.3, -0.25) is 15.1 Å². The molecule has 0 fully saturated rings. The number of non-ortho nitro benzene ring substituents is 1. The van der Waals surface area contributed by atoms with Gasteiger partial charge in [-0.2, -0.15) is 0 Å². The van der Waals surface area contributed by atoms with Gasteiger partial charge in [0.2, 0.25) is 0 Å². The summed E-state index contributed by atoms with van der Waals surface area (Å²) in [6.45, 7) is 0. The van der Waals surface area contributed by atoms with E-state index in [0.717, 1.165) is 11.1 Å². The molecule has 0 radical (unpaired) electrons. The molecule has 1 heterocycles. The van der Waals surface area contributed by atoms with Crippen molar-refractivity contribution >= 4 is 17.4 Å². The Morgan fingerprint density at radius 3 is 2.12 bits per heavy atom. The van der Waals surface area contributed by atoms with Crippen LogP contribution in [0.5, 0.6) is 0 Å². The third-order valence-corrected chi connectivity index (χ3v) is 3.53. The predicted molar refractivity (Wildman–Crippen MR) is 94.8 cm³/mol. The largest absolute Gasteiger partial charge is 0.365 e. The molecule has 1 aromatic heterocycles. The minimum Gasteiger partial charge on any atom is -0.312 e. The fourth-order valence-corrected chi connectivity index (χ4v) is 2.24. The van der Waals surface area contributed by atoms with E-state index in [2.05, 4.69) is 10.1 Å². The highest BCUT2D eigenvalue weighted by atomic mass is 16.7. The van der Waals surface area contributed by atoms with Crippen LogP contribution in [0.15, 0.2) is 84.3 Å². The lowest BCUT2D eigenvalue weighted by molar-refractivity contribution is -0.384. The van der Waals surface area contributed by atoms with Crippen molar-refractivity contribution in [3.05, 3.63) is 106 Å². The molecule has 26 heavy (non-hydrogen) atoms. The summed E-state index contributed by atoms with van der Waals surface area (Å²) in [5.74, 6) is -0.706. The summed E-state index contributed by atoms with van der Waals surface area (Å²) in [6.07, 6.45) is 3.23. The SMILES string of the molecule is O=C(O/N=C(\c1ccccc1)c1ccncc1)c1ccc([N+](=O)[O-])cc1. The van der Waals surface area contributed by atoms with Gasteiger partial charge in [0.15, 0.2) is 0 Å². The van der Waals surface area contributed by atoms with E-state index in [1.165, 1.54) is 24.3 Å². The second-order valence-corrected chi connectivity index (χ2v) is 5.22. The molecule has 2 aromatic carbocycles. The van der Waals surface area contributed by atoms with E-state index < -0.39 is 10.9 Å². The maximum Gasteiger partial charge on any atom is 0.365 e. The number of oxime groups is 1. The molecule has 3 aromatic rings. The molecule has 0 amide bonds. The molecule has 0 saturated heterocycles. The topological polar surface area (TPSA) is 94.7 Å². The zero-order valence-electron chi connectivity index (χ0n) is 13.5. The van der Waals surface area contributed by atoms with Crippen LogP contribution in [0.2, 0.25) is 0 Å². The lowest BCUT2D eigenvalue weighted by Gasteiger charge is -2.06. The fourth-order valence-electron chi connectivity index (χ4n) is 2.24. The van der Waals surface area contributed by atoms with Crippen molar-refractivity contribution in [2.75, 3.05) is 0 Å². The van der Waals surface area contributed by atoms with E-state index in [9.17, 15) is 14.9 Å². The van der Waals surface area contributed by atoms with Crippen LogP contribution in [0.1, 0.15) is 21.5 Å². The number of pyridine rings is 1. The third kappa shape index (κ3) is 3.96. The lowest BCUT2D eigenvalue weighted by Crippen LogP contribution is -2.08. The Hall–Kier alpha value is -3.87. The highest BCUT2D eigenvalue weighted by Gasteiger charge is 2.13. The van der Waals surface area contributed by atoms with Crippen molar-refractivity contribution in [3.8, 4) is 0 Å². The highest BCUT2D eigenvalue weighted by molar-refractivity contribution is 6.12. The van der Waals surface area contributed by atoms with E-state index in [-0.39, 0.29) is 11.3 Å². The smallest absolute Gasteiger partial charge is 0.312 e. The highest BCUT2D eigenvalue weighted by Crippen LogP contribution is 2.14. The van der Waals surface area contributed by atoms with Crippen molar-refractivity contribution in [3.63, 3.8) is 0 Å². The molecule has 7 nitrogen and oxygen atoms in total. The second-order valence-electron chi connectivity index (χ2n) is 5.22. The van der Waals surface area contributed by atoms with Gasteiger partial charge >= 0.3 is 5.97 Å². The summed E-state index contributed by atoms with van der Waals surface area (Å²) in [5.41, 5.74) is 2.05. The number of nitrogens with zero attached hydrogens (tertiary/aromatic N) is 3. The van der Waals surface area contributed by atoms with Crippen molar-refractivity contribution in [1.29, 1.82) is 0 Å². The van der Waals surface area contributed by atoms with Crippen LogP contribution < -0.4 is 0 Å². The van der Waals surface area contributed by atoms with E-state index >= 15 is 0 Å². The second kappa shape index (κ2) is 7.80. The van der Waals surface area contributed by atoms with Crippen molar-refractivity contribution < 1.29 is 14.6 Å². The number of aromatic nitrogens is 1. The van der Waals surface area contributed by atoms with Crippen LogP contribution >= 0.6 is 0 Å². The van der Waals surface area contributed by atoms with Crippen molar-refractivity contribution in [2.45, 2.75) is 0 Å². The van der Waals surface area contributed by atoms with E-state index in [1.54, 1.807) is 24.5 Å². The van der Waals surface area contributed by atoms with E-state index in [0.29, 0.717) is 5.71 Å². The van der Waals surface area contributed by atoms with Gasteiger partial charge in [-0.15, -0.1) is 0 Å². The maximum absolute atomic E-state index is 12.2. The predicted octanol–water partition coefficient (Wildman–Crippen LogP) is 3.60. The van der Waals surface area contributed by atoms with Crippen LogP contribution in [0.25, 0.3) is 0 Å². The van der Waals surface area contributed by atoms with Crippen LogP contribution in [0.4, 0.5) is 5.69 Å². The molecule has 0 unspecified atom stereocenters. The molecular weight excluding hydrogens is 334 g/mol. The standard InChI is InChI=1S/C19H13N3O4/c23-19(16-6-8-17(9-7-16)22(24)25)26-21-18(14-4-2-1-3-5-14)15-10-12-20-13-11-15/h1-13H/b21-18+. The summed E-state index contributed by atoms with van der Waals surface area (Å²) in [6, 6.07) is 17.9. The number of hydrogen-bond donors (Lipinski definition) is 0. The number of hydrogen-bond acceptors (Lipinski definition) is 6. The zero-order chi connectivity index (χ0) is 18.4. The van der Waals surface area contributed by atoms with Gasteiger partial charge in [0.1, 0.15) is 5.71 Å². The van der Waals surface area contributed by atoms with E-state index in [1.807, 2.05) is 30.3 Å². The number of carbonyl (C=O) groups excluding carboxylic acids is 1. The quantitative estimate of drug-likeness (QED) is 0.304. The maximum atomic E-state index is 12.2. The molecule has 0 aliphatic heterocycles. The lowest BCUT2D eigenvalue weighted by atomic mass is 10.0. The first-order valence-electron chi connectivity index (χ1n) is 7.65. The molecule has 3 rings (SSSR count). The monoisotopic (exact) mass is 347 g/mol. The molecule has 7 heteroatoms. The van der Waals surface area contributed by atoms with Gasteiger partial charge in [-0.25, -0.2) is 4.79 Å². The first-order valence-corrected chi connectivity index (χ1v) is 7.65. The summed E-state index contributed by atoms with van der Waals surface area (Å²) < 4.78 is 0. The van der Waals surface area contributed by atoms with Gasteiger partial charge < -0.3 is 4.84 Å². The fraction of sp³-hybridized carbons (Fsp3) is 0. The average Bonchev–Trinajstić information content (AvgIpc) is 2.69. The Bertz CT molecular complexity index is 898. The summed E-state index contributed by atoms with van der Waals surface area (Å²) >= 11 is 0. The minimum absolute atomic E-state index is 0.105. The van der Waals surface area contributed by atoms with Gasteiger partial charge in [0, 0.05) is 35.7 Å². The van der Waals surface area contributed by atoms with Gasteiger partial charge in [0.25, 0.3) is 5.69 Å². The van der Waals surface area contributed by atoms with Crippen molar-refractivity contribution in [1.82, 2.24) is 4.98 Å². The third-order valence-electron chi connectivity index (χ3n) is 3.53. The van der Waals surface area contributed by atoms with Gasteiger partial charge in [-0.05, 0) is 24.3 Å². The van der Waals surface area contributed by atoms with Gasteiger partial charge in [-0.1, -0.05) is 35.5 Å². The molecule has 0 bridgehead atoms. The Kier molecular flexibility index (Phi) is 5.09. The Morgan fingerprint density at radius 1 is 0.885 bits per heavy atom. The summed E-state index contributed by atoms with van der Waals surface area (Å²) in [7, 11) is 0. The van der Waals surface area contributed by atoms with Crippen LogP contribution in [-0.2, 0) is 4.84 Å². The molecule has 0 saturated carbocycles. The van der Waals surface area contributed by atoms with Crippen molar-refractivity contribution in [2.24, 2.45) is 5.16 Å². The summed E-state index contributed by atoms with van der Waals surface area (Å²) in [5, 5.41) is 14.7. The normalized spacial score (nSPS) is 11.0. The number of benzene rings is 2. The zero-order valence-corrected chi connectivity index (χ0v) is 13.5. The molecule has 0 atom stereocenters. The number of nitro groups is 1. The first-order chi connectivity index (χ1) is 12.6.